The summed E-state index contributed by atoms with van der Waals surface area (Å²) in [5, 5.41) is 12.4. The zero-order valence-electron chi connectivity index (χ0n) is 16.2. The third kappa shape index (κ3) is 5.48. The minimum Gasteiger partial charge on any atom is -0.481 e. The number of ether oxygens (including phenoxy) is 1. The fourth-order valence-corrected chi connectivity index (χ4v) is 4.66. The molecule has 0 bridgehead atoms. The van der Waals surface area contributed by atoms with E-state index in [0.29, 0.717) is 6.42 Å². The first-order valence-electron chi connectivity index (χ1n) is 8.58. The Hall–Kier alpha value is -1.08. The Labute approximate surface area is 147 Å². The van der Waals surface area contributed by atoms with Crippen molar-refractivity contribution in [2.45, 2.75) is 78.8 Å². The first kappa shape index (κ1) is 21.0. The van der Waals surface area contributed by atoms with Gasteiger partial charge in [0.05, 0.1) is 5.92 Å². The summed E-state index contributed by atoms with van der Waals surface area (Å²) in [6.07, 6.45) is 0.196. The molecule has 0 aliphatic heterocycles. The number of hydrogen-bond acceptors (Lipinski definition) is 4. The van der Waals surface area contributed by atoms with Crippen LogP contribution in [0.25, 0.3) is 0 Å². The molecule has 1 fully saturated rings. The van der Waals surface area contributed by atoms with Crippen molar-refractivity contribution in [1.29, 1.82) is 0 Å². The van der Waals surface area contributed by atoms with Crippen molar-refractivity contribution >= 4 is 21.1 Å². The van der Waals surface area contributed by atoms with Gasteiger partial charge in [0.15, 0.2) is 9.04 Å². The monoisotopic (exact) mass is 359 g/mol. The topological polar surface area (TPSA) is 84.9 Å². The molecule has 3 atom stereocenters. The Morgan fingerprint density at radius 3 is 2.08 bits per heavy atom. The predicted octanol–water partition coefficient (Wildman–Crippen LogP) is 3.36. The molecule has 6 nitrogen and oxygen atoms in total. The van der Waals surface area contributed by atoms with Crippen molar-refractivity contribution in [3.05, 3.63) is 0 Å². The van der Waals surface area contributed by atoms with Crippen LogP contribution in [-0.4, -0.2) is 37.5 Å². The van der Waals surface area contributed by atoms with Crippen molar-refractivity contribution in [3.8, 4) is 0 Å². The van der Waals surface area contributed by atoms with Gasteiger partial charge >= 0.3 is 12.1 Å². The molecule has 0 unspecified atom stereocenters. The van der Waals surface area contributed by atoms with Crippen LogP contribution in [0.15, 0.2) is 0 Å². The second-order valence-electron chi connectivity index (χ2n) is 9.08. The number of amides is 1. The molecule has 1 rings (SSSR count). The quantitative estimate of drug-likeness (QED) is 0.594. The first-order chi connectivity index (χ1) is 10.7. The Kier molecular flexibility index (Phi) is 6.14. The first-order valence-corrected chi connectivity index (χ1v) is 11.4. The van der Waals surface area contributed by atoms with Crippen LogP contribution in [0.4, 0.5) is 4.79 Å². The molecule has 0 aromatic carbocycles. The molecule has 2 N–H and O–H groups in total. The van der Waals surface area contributed by atoms with E-state index >= 15 is 0 Å². The van der Waals surface area contributed by atoms with Gasteiger partial charge in [0, 0.05) is 12.3 Å². The molecule has 0 saturated heterocycles. The molecule has 0 spiro atoms. The fraction of sp³-hybridized carbons (Fsp3) is 0.882. The van der Waals surface area contributed by atoms with Gasteiger partial charge in [-0.05, 0) is 45.7 Å². The zero-order valence-corrected chi connectivity index (χ0v) is 17.4. The highest BCUT2D eigenvalue weighted by atomic mass is 28.3. The molecular weight excluding hydrogens is 326 g/mol. The third-order valence-electron chi connectivity index (χ3n) is 4.19. The van der Waals surface area contributed by atoms with Gasteiger partial charge in [-0.1, -0.05) is 20.8 Å². The highest BCUT2D eigenvalue weighted by molar-refractivity contribution is 6.48. The van der Waals surface area contributed by atoms with Crippen LogP contribution in [0, 0.1) is 17.3 Å². The zero-order chi connectivity index (χ0) is 18.9. The van der Waals surface area contributed by atoms with Gasteiger partial charge in [-0.15, -0.1) is 0 Å². The van der Waals surface area contributed by atoms with Crippen LogP contribution in [0.3, 0.4) is 0 Å². The molecule has 140 valence electrons. The predicted molar refractivity (Wildman–Crippen MR) is 95.4 cm³/mol. The average Bonchev–Trinajstić information content (AvgIpc) is 2.63. The van der Waals surface area contributed by atoms with Crippen LogP contribution < -0.4 is 5.32 Å². The lowest BCUT2D eigenvalue weighted by molar-refractivity contribution is -0.142. The average molecular weight is 360 g/mol. The standard InChI is InChI=1S/C17H33NO5Si/c1-15(2,3)12-9-11(13(19)20)10-17(12,23-24(7)8)18-14(21)22-16(4,5)6/h11-12,24H,9-10H2,1-8H3,(H,18,21)(H,19,20)/t11-,12-,17+/m0/s1. The van der Waals surface area contributed by atoms with E-state index in [1.165, 1.54) is 0 Å². The second kappa shape index (κ2) is 7.04. The van der Waals surface area contributed by atoms with Crippen LogP contribution >= 0.6 is 0 Å². The Balaban J connectivity index is 3.19. The van der Waals surface area contributed by atoms with E-state index in [9.17, 15) is 14.7 Å². The van der Waals surface area contributed by atoms with E-state index in [-0.39, 0.29) is 17.8 Å². The van der Waals surface area contributed by atoms with Crippen LogP contribution in [0.2, 0.25) is 13.1 Å². The van der Waals surface area contributed by atoms with E-state index < -0.39 is 38.3 Å². The Morgan fingerprint density at radius 2 is 1.71 bits per heavy atom. The van der Waals surface area contributed by atoms with Crippen molar-refractivity contribution in [2.24, 2.45) is 17.3 Å². The number of aliphatic carboxylic acids is 1. The summed E-state index contributed by atoms with van der Waals surface area (Å²) in [7, 11) is -1.53. The number of carboxylic acids is 1. The van der Waals surface area contributed by atoms with Crippen molar-refractivity contribution in [2.75, 3.05) is 0 Å². The van der Waals surface area contributed by atoms with Crippen LogP contribution in [-0.2, 0) is 14.0 Å². The summed E-state index contributed by atoms with van der Waals surface area (Å²) in [6, 6.07) is 0. The maximum absolute atomic E-state index is 12.4. The van der Waals surface area contributed by atoms with Crippen molar-refractivity contribution in [3.63, 3.8) is 0 Å². The number of carboxylic acid groups (broad SMARTS) is 1. The molecule has 7 heteroatoms. The molecule has 1 aliphatic rings. The largest absolute Gasteiger partial charge is 0.481 e. The smallest absolute Gasteiger partial charge is 0.409 e. The van der Waals surface area contributed by atoms with Crippen molar-refractivity contribution < 1.29 is 23.9 Å². The van der Waals surface area contributed by atoms with E-state index in [1.807, 2.05) is 13.1 Å². The molecule has 0 aromatic rings. The summed E-state index contributed by atoms with van der Waals surface area (Å²) < 4.78 is 11.7. The normalized spacial score (nSPS) is 28.0. The molecule has 0 radical (unpaired) electrons. The summed E-state index contributed by atoms with van der Waals surface area (Å²) in [4.78, 5) is 24.0. The van der Waals surface area contributed by atoms with Gasteiger partial charge in [-0.2, -0.15) is 0 Å². The van der Waals surface area contributed by atoms with E-state index in [1.54, 1.807) is 20.8 Å². The van der Waals surface area contributed by atoms with Crippen molar-refractivity contribution in [1.82, 2.24) is 5.32 Å². The van der Waals surface area contributed by atoms with Crippen LogP contribution in [0.1, 0.15) is 54.4 Å². The number of carbonyl (C=O) groups is 2. The maximum atomic E-state index is 12.4. The number of carbonyl (C=O) groups excluding carboxylic acids is 1. The van der Waals surface area contributed by atoms with Gasteiger partial charge in [-0.3, -0.25) is 10.1 Å². The minimum atomic E-state index is -1.53. The van der Waals surface area contributed by atoms with E-state index in [2.05, 4.69) is 26.1 Å². The highest BCUT2D eigenvalue weighted by Crippen LogP contribution is 2.49. The minimum absolute atomic E-state index is 0.103. The van der Waals surface area contributed by atoms with Gasteiger partial charge in [0.25, 0.3) is 0 Å². The second-order valence-corrected chi connectivity index (χ2v) is 11.4. The molecule has 1 saturated carbocycles. The fourth-order valence-electron chi connectivity index (χ4n) is 3.50. The SMILES string of the molecule is C[SiH](C)O[C@]1(NC(=O)OC(C)(C)C)C[C@@H](C(=O)O)C[C@H]1C(C)(C)C. The lowest BCUT2D eigenvalue weighted by Gasteiger charge is -2.44. The van der Waals surface area contributed by atoms with Gasteiger partial charge in [-0.25, -0.2) is 4.79 Å². The third-order valence-corrected chi connectivity index (χ3v) is 5.08. The summed E-state index contributed by atoms with van der Waals surface area (Å²) in [5.41, 5.74) is -1.81. The van der Waals surface area contributed by atoms with E-state index in [0.717, 1.165) is 0 Å². The number of alkyl carbamates (subject to hydrolysis) is 1. The molecule has 0 aromatic heterocycles. The summed E-state index contributed by atoms with van der Waals surface area (Å²) >= 11 is 0. The van der Waals surface area contributed by atoms with Gasteiger partial charge in [0.2, 0.25) is 0 Å². The number of hydrogen-bond donors (Lipinski definition) is 2. The van der Waals surface area contributed by atoms with Gasteiger partial charge < -0.3 is 14.3 Å². The molecule has 0 heterocycles. The lowest BCUT2D eigenvalue weighted by Crippen LogP contribution is -2.58. The van der Waals surface area contributed by atoms with Crippen LogP contribution in [0.5, 0.6) is 0 Å². The molecular formula is C17H33NO5Si. The van der Waals surface area contributed by atoms with E-state index in [4.69, 9.17) is 9.16 Å². The Morgan fingerprint density at radius 1 is 1.17 bits per heavy atom. The number of nitrogens with one attached hydrogen (secondary N) is 1. The molecule has 1 amide bonds. The maximum Gasteiger partial charge on any atom is 0.409 e. The van der Waals surface area contributed by atoms with Gasteiger partial charge in [0.1, 0.15) is 11.3 Å². The number of rotatable bonds is 4. The highest BCUT2D eigenvalue weighted by Gasteiger charge is 2.56. The summed E-state index contributed by atoms with van der Waals surface area (Å²) in [6.45, 7) is 15.6. The molecule has 1 aliphatic carbocycles. The lowest BCUT2D eigenvalue weighted by atomic mass is 9.75. The summed E-state index contributed by atoms with van der Waals surface area (Å²) in [5.74, 6) is -1.48. The Bertz CT molecular complexity index is 480. The molecule has 24 heavy (non-hydrogen) atoms.